The molecule has 0 spiro atoms. The molecule has 0 saturated carbocycles. The van der Waals surface area contributed by atoms with Crippen LogP contribution in [0.3, 0.4) is 0 Å². The average Bonchev–Trinajstić information content (AvgIpc) is 2.52. The number of carbonyl (C=O) groups is 1. The number of hydrogen-bond acceptors (Lipinski definition) is 3. The van der Waals surface area contributed by atoms with Crippen molar-refractivity contribution in [1.82, 2.24) is 10.3 Å². The van der Waals surface area contributed by atoms with Crippen LogP contribution in [0.2, 0.25) is 0 Å². The number of amides is 1. The largest absolute Gasteiger partial charge is 0.350 e. The van der Waals surface area contributed by atoms with Gasteiger partial charge < -0.3 is 11.1 Å². The molecule has 0 fully saturated rings. The number of benzene rings is 1. The van der Waals surface area contributed by atoms with Gasteiger partial charge in [-0.3, -0.25) is 4.79 Å². The normalized spacial score (nSPS) is 12.3. The maximum absolute atomic E-state index is 12.2. The zero-order valence-electron chi connectivity index (χ0n) is 12.5. The topological polar surface area (TPSA) is 68.0 Å². The minimum atomic E-state index is -0.112. The molecule has 2 rings (SSSR count). The van der Waals surface area contributed by atoms with Crippen LogP contribution < -0.4 is 11.1 Å². The van der Waals surface area contributed by atoms with E-state index in [-0.39, 0.29) is 5.91 Å². The summed E-state index contributed by atoms with van der Waals surface area (Å²) in [6.07, 6.45) is 3.14. The lowest BCUT2D eigenvalue weighted by Gasteiger charge is -2.15. The summed E-state index contributed by atoms with van der Waals surface area (Å²) in [6, 6.07) is 11.5. The summed E-state index contributed by atoms with van der Waals surface area (Å²) in [4.78, 5) is 16.6. The highest BCUT2D eigenvalue weighted by atomic mass is 16.1. The van der Waals surface area contributed by atoms with E-state index in [1.165, 1.54) is 0 Å². The van der Waals surface area contributed by atoms with E-state index >= 15 is 0 Å². The molecule has 0 radical (unpaired) electrons. The van der Waals surface area contributed by atoms with Gasteiger partial charge in [-0.15, -0.1) is 0 Å². The van der Waals surface area contributed by atoms with E-state index in [0.717, 1.165) is 30.2 Å². The van der Waals surface area contributed by atoms with Gasteiger partial charge in [0.1, 0.15) is 5.69 Å². The zero-order valence-corrected chi connectivity index (χ0v) is 12.5. The number of nitrogens with zero attached hydrogens (tertiary/aromatic N) is 1. The zero-order chi connectivity index (χ0) is 15.1. The van der Waals surface area contributed by atoms with Crippen LogP contribution in [-0.4, -0.2) is 24.0 Å². The first-order valence-electron chi connectivity index (χ1n) is 7.58. The molecule has 1 atom stereocenters. The Labute approximate surface area is 125 Å². The molecule has 0 aliphatic carbocycles. The standard InChI is InChI=1S/C17H23N3O/c1-2-5-13(10-11-18)12-19-17(21)16-9-8-14-6-3-4-7-15(14)20-16/h3-4,6-9,13H,2,5,10-12,18H2,1H3,(H,19,21). The molecule has 4 heteroatoms. The van der Waals surface area contributed by atoms with Crippen molar-refractivity contribution in [2.24, 2.45) is 11.7 Å². The number of nitrogens with two attached hydrogens (primary N) is 1. The Bertz CT molecular complexity index is 591. The van der Waals surface area contributed by atoms with Crippen LogP contribution in [0.15, 0.2) is 36.4 Å². The van der Waals surface area contributed by atoms with Gasteiger partial charge in [0.2, 0.25) is 0 Å². The molecule has 112 valence electrons. The second-order valence-corrected chi connectivity index (χ2v) is 5.33. The lowest BCUT2D eigenvalue weighted by atomic mass is 10.00. The number of aromatic nitrogens is 1. The summed E-state index contributed by atoms with van der Waals surface area (Å²) in [7, 11) is 0. The van der Waals surface area contributed by atoms with Gasteiger partial charge in [0.15, 0.2) is 0 Å². The van der Waals surface area contributed by atoms with Crippen molar-refractivity contribution in [3.05, 3.63) is 42.1 Å². The first-order valence-corrected chi connectivity index (χ1v) is 7.58. The summed E-state index contributed by atoms with van der Waals surface area (Å²) < 4.78 is 0. The first-order chi connectivity index (χ1) is 10.2. The molecule has 2 aromatic rings. The van der Waals surface area contributed by atoms with Crippen molar-refractivity contribution in [1.29, 1.82) is 0 Å². The monoisotopic (exact) mass is 285 g/mol. The van der Waals surface area contributed by atoms with Crippen LogP contribution in [0.5, 0.6) is 0 Å². The Hall–Kier alpha value is -1.94. The summed E-state index contributed by atoms with van der Waals surface area (Å²) >= 11 is 0. The highest BCUT2D eigenvalue weighted by Crippen LogP contribution is 2.12. The molecule has 0 saturated heterocycles. The molecular weight excluding hydrogens is 262 g/mol. The molecule has 0 aliphatic rings. The van der Waals surface area contributed by atoms with Gasteiger partial charge in [-0.25, -0.2) is 4.98 Å². The van der Waals surface area contributed by atoms with Crippen LogP contribution in [0.25, 0.3) is 10.9 Å². The third-order valence-corrected chi connectivity index (χ3v) is 3.65. The molecule has 1 heterocycles. The van der Waals surface area contributed by atoms with Crippen molar-refractivity contribution >= 4 is 16.8 Å². The van der Waals surface area contributed by atoms with Gasteiger partial charge in [-0.2, -0.15) is 0 Å². The second-order valence-electron chi connectivity index (χ2n) is 5.33. The minimum Gasteiger partial charge on any atom is -0.350 e. The lowest BCUT2D eigenvalue weighted by molar-refractivity contribution is 0.0941. The van der Waals surface area contributed by atoms with E-state index < -0.39 is 0 Å². The number of rotatable bonds is 7. The molecule has 1 aromatic carbocycles. The number of carbonyl (C=O) groups excluding carboxylic acids is 1. The number of pyridine rings is 1. The molecule has 1 amide bonds. The maximum Gasteiger partial charge on any atom is 0.269 e. The van der Waals surface area contributed by atoms with E-state index in [0.29, 0.717) is 24.7 Å². The van der Waals surface area contributed by atoms with E-state index in [2.05, 4.69) is 17.2 Å². The highest BCUT2D eigenvalue weighted by Gasteiger charge is 2.11. The maximum atomic E-state index is 12.2. The van der Waals surface area contributed by atoms with Crippen molar-refractivity contribution in [3.63, 3.8) is 0 Å². The Kier molecular flexibility index (Phi) is 5.69. The fourth-order valence-electron chi connectivity index (χ4n) is 2.51. The quantitative estimate of drug-likeness (QED) is 0.822. The Morgan fingerprint density at radius 3 is 2.81 bits per heavy atom. The summed E-state index contributed by atoms with van der Waals surface area (Å²) in [6.45, 7) is 3.48. The second kappa shape index (κ2) is 7.74. The SMILES string of the molecule is CCCC(CCN)CNC(=O)c1ccc2ccccc2n1. The summed E-state index contributed by atoms with van der Waals surface area (Å²) in [5.41, 5.74) is 6.93. The van der Waals surface area contributed by atoms with Crippen molar-refractivity contribution in [2.75, 3.05) is 13.1 Å². The van der Waals surface area contributed by atoms with E-state index in [4.69, 9.17) is 5.73 Å². The van der Waals surface area contributed by atoms with E-state index in [9.17, 15) is 4.79 Å². The Morgan fingerprint density at radius 1 is 1.24 bits per heavy atom. The molecule has 0 bridgehead atoms. The summed E-state index contributed by atoms with van der Waals surface area (Å²) in [5.74, 6) is 0.336. The third-order valence-electron chi connectivity index (χ3n) is 3.65. The number of fused-ring (bicyclic) bond motifs is 1. The average molecular weight is 285 g/mol. The van der Waals surface area contributed by atoms with E-state index in [1.54, 1.807) is 6.07 Å². The van der Waals surface area contributed by atoms with Crippen LogP contribution >= 0.6 is 0 Å². The van der Waals surface area contributed by atoms with Crippen molar-refractivity contribution < 1.29 is 4.79 Å². The number of hydrogen-bond donors (Lipinski definition) is 2. The Morgan fingerprint density at radius 2 is 2.05 bits per heavy atom. The fraction of sp³-hybridized carbons (Fsp3) is 0.412. The van der Waals surface area contributed by atoms with Crippen molar-refractivity contribution in [2.45, 2.75) is 26.2 Å². The number of para-hydroxylation sites is 1. The lowest BCUT2D eigenvalue weighted by Crippen LogP contribution is -2.30. The van der Waals surface area contributed by atoms with Crippen molar-refractivity contribution in [3.8, 4) is 0 Å². The molecule has 1 unspecified atom stereocenters. The smallest absolute Gasteiger partial charge is 0.269 e. The number of nitrogens with one attached hydrogen (secondary N) is 1. The predicted octanol–water partition coefficient (Wildman–Crippen LogP) is 2.73. The van der Waals surface area contributed by atoms with Gasteiger partial charge in [0.25, 0.3) is 5.91 Å². The first kappa shape index (κ1) is 15.4. The summed E-state index contributed by atoms with van der Waals surface area (Å²) in [5, 5.41) is 4.02. The molecule has 4 nitrogen and oxygen atoms in total. The fourth-order valence-corrected chi connectivity index (χ4v) is 2.51. The predicted molar refractivity (Wildman–Crippen MR) is 86.1 cm³/mol. The molecule has 1 aromatic heterocycles. The van der Waals surface area contributed by atoms with Gasteiger partial charge >= 0.3 is 0 Å². The van der Waals surface area contributed by atoms with Gasteiger partial charge in [-0.1, -0.05) is 37.6 Å². The minimum absolute atomic E-state index is 0.112. The van der Waals surface area contributed by atoms with Crippen LogP contribution in [0.1, 0.15) is 36.7 Å². The third kappa shape index (κ3) is 4.26. The highest BCUT2D eigenvalue weighted by molar-refractivity contribution is 5.94. The van der Waals surface area contributed by atoms with Gasteiger partial charge in [0, 0.05) is 11.9 Å². The molecular formula is C17H23N3O. The molecule has 3 N–H and O–H groups in total. The van der Waals surface area contributed by atoms with Crippen LogP contribution in [0, 0.1) is 5.92 Å². The van der Waals surface area contributed by atoms with Crippen LogP contribution in [0.4, 0.5) is 0 Å². The van der Waals surface area contributed by atoms with E-state index in [1.807, 2.05) is 30.3 Å². The van der Waals surface area contributed by atoms with Gasteiger partial charge in [-0.05, 0) is 37.4 Å². The Balaban J connectivity index is 2.01. The van der Waals surface area contributed by atoms with Crippen LogP contribution in [-0.2, 0) is 0 Å². The molecule has 0 aliphatic heterocycles. The molecule has 21 heavy (non-hydrogen) atoms. The van der Waals surface area contributed by atoms with Gasteiger partial charge in [0.05, 0.1) is 5.52 Å².